The van der Waals surface area contributed by atoms with Gasteiger partial charge in [-0.3, -0.25) is 4.99 Å². The Balaban J connectivity index is 2.08. The van der Waals surface area contributed by atoms with Crippen molar-refractivity contribution in [3.05, 3.63) is 0 Å². The van der Waals surface area contributed by atoms with E-state index in [1.807, 2.05) is 7.05 Å². The van der Waals surface area contributed by atoms with Gasteiger partial charge in [0.05, 0.1) is 0 Å². The third-order valence-corrected chi connectivity index (χ3v) is 4.15. The molecule has 1 heterocycles. The average molecular weight is 312 g/mol. The van der Waals surface area contributed by atoms with Gasteiger partial charge < -0.3 is 20.9 Å². The number of nitrogens with one attached hydrogen (secondary N) is 3. The van der Waals surface area contributed by atoms with Crippen LogP contribution in [0.1, 0.15) is 53.4 Å². The zero-order valence-corrected chi connectivity index (χ0v) is 15.3. The second kappa shape index (κ2) is 10.1. The summed E-state index contributed by atoms with van der Waals surface area (Å²) in [6, 6.07) is 0.759. The summed E-state index contributed by atoms with van der Waals surface area (Å²) in [5.41, 5.74) is 0.170. The Morgan fingerprint density at radius 1 is 1.14 bits per heavy atom. The predicted octanol–water partition coefficient (Wildman–Crippen LogP) is 1.80. The molecule has 1 rings (SSSR count). The lowest BCUT2D eigenvalue weighted by Crippen LogP contribution is -2.45. The van der Waals surface area contributed by atoms with E-state index in [9.17, 15) is 0 Å². The maximum Gasteiger partial charge on any atom is 0.191 e. The van der Waals surface area contributed by atoms with Gasteiger partial charge in [0.2, 0.25) is 0 Å². The second-order valence-electron chi connectivity index (χ2n) is 7.34. The minimum absolute atomic E-state index is 0.170. The SMILES string of the molecule is CN=C(NCCCN1CCCCC1C)NCCNC(C)(C)C. The fraction of sp³-hybridized carbons (Fsp3) is 0.941. The highest BCUT2D eigenvalue weighted by Gasteiger charge is 2.17. The van der Waals surface area contributed by atoms with E-state index in [1.54, 1.807) is 0 Å². The van der Waals surface area contributed by atoms with Crippen LogP contribution in [0.5, 0.6) is 0 Å². The Bertz CT molecular complexity index is 322. The fourth-order valence-corrected chi connectivity index (χ4v) is 2.82. The summed E-state index contributed by atoms with van der Waals surface area (Å²) in [5.74, 6) is 0.905. The minimum Gasteiger partial charge on any atom is -0.356 e. The highest BCUT2D eigenvalue weighted by molar-refractivity contribution is 5.79. The monoisotopic (exact) mass is 311 g/mol. The molecule has 0 aromatic heterocycles. The maximum atomic E-state index is 4.27. The highest BCUT2D eigenvalue weighted by atomic mass is 15.2. The van der Waals surface area contributed by atoms with Crippen LogP contribution in [0.2, 0.25) is 0 Å². The molecule has 0 aliphatic carbocycles. The quantitative estimate of drug-likeness (QED) is 0.381. The van der Waals surface area contributed by atoms with E-state index in [-0.39, 0.29) is 5.54 Å². The molecule has 22 heavy (non-hydrogen) atoms. The summed E-state index contributed by atoms with van der Waals surface area (Å²) >= 11 is 0. The van der Waals surface area contributed by atoms with Crippen molar-refractivity contribution < 1.29 is 0 Å². The highest BCUT2D eigenvalue weighted by Crippen LogP contribution is 2.15. The van der Waals surface area contributed by atoms with E-state index < -0.39 is 0 Å². The van der Waals surface area contributed by atoms with Gasteiger partial charge in [-0.1, -0.05) is 6.42 Å². The number of hydrogen-bond donors (Lipinski definition) is 3. The molecule has 0 aromatic carbocycles. The molecule has 0 radical (unpaired) electrons. The zero-order valence-electron chi connectivity index (χ0n) is 15.3. The molecule has 1 aliphatic heterocycles. The van der Waals surface area contributed by atoms with Crippen LogP contribution in [0, 0.1) is 0 Å². The topological polar surface area (TPSA) is 51.7 Å². The number of aliphatic imine (C=N–C) groups is 1. The normalized spacial score (nSPS) is 21.0. The number of likely N-dealkylation sites (tertiary alicyclic amines) is 1. The number of hydrogen-bond acceptors (Lipinski definition) is 3. The molecule has 3 N–H and O–H groups in total. The summed E-state index contributed by atoms with van der Waals surface area (Å²) in [7, 11) is 1.83. The number of guanidine groups is 1. The largest absolute Gasteiger partial charge is 0.356 e. The molecule has 1 saturated heterocycles. The van der Waals surface area contributed by atoms with Crippen LogP contribution in [-0.4, -0.2) is 62.2 Å². The molecule has 0 saturated carbocycles. The second-order valence-corrected chi connectivity index (χ2v) is 7.34. The molecule has 1 fully saturated rings. The molecule has 0 bridgehead atoms. The van der Waals surface area contributed by atoms with Crippen LogP contribution in [0.15, 0.2) is 4.99 Å². The molecule has 5 nitrogen and oxygen atoms in total. The van der Waals surface area contributed by atoms with Crippen molar-refractivity contribution in [1.82, 2.24) is 20.9 Å². The van der Waals surface area contributed by atoms with Gasteiger partial charge >= 0.3 is 0 Å². The van der Waals surface area contributed by atoms with Crippen LogP contribution in [-0.2, 0) is 0 Å². The average Bonchev–Trinajstić information content (AvgIpc) is 2.46. The first-order chi connectivity index (χ1) is 10.4. The summed E-state index contributed by atoms with van der Waals surface area (Å²) in [6.45, 7) is 14.2. The van der Waals surface area contributed by atoms with Crippen molar-refractivity contribution in [2.45, 2.75) is 65.0 Å². The van der Waals surface area contributed by atoms with Gasteiger partial charge in [0.1, 0.15) is 0 Å². The van der Waals surface area contributed by atoms with Gasteiger partial charge in [0.25, 0.3) is 0 Å². The molecule has 0 aromatic rings. The smallest absolute Gasteiger partial charge is 0.191 e. The van der Waals surface area contributed by atoms with Gasteiger partial charge in [-0.15, -0.1) is 0 Å². The number of nitrogens with zero attached hydrogens (tertiary/aromatic N) is 2. The van der Waals surface area contributed by atoms with Crippen molar-refractivity contribution in [1.29, 1.82) is 0 Å². The molecule has 1 atom stereocenters. The summed E-state index contributed by atoms with van der Waals surface area (Å²) in [6.07, 6.45) is 5.29. The Labute approximate surface area is 137 Å². The molecule has 130 valence electrons. The van der Waals surface area contributed by atoms with E-state index in [0.717, 1.165) is 31.6 Å². The molecule has 1 unspecified atom stereocenters. The van der Waals surface area contributed by atoms with E-state index in [1.165, 1.54) is 38.8 Å². The van der Waals surface area contributed by atoms with Crippen LogP contribution >= 0.6 is 0 Å². The molecule has 5 heteroatoms. The Kier molecular flexibility index (Phi) is 8.79. The summed E-state index contributed by atoms with van der Waals surface area (Å²) in [4.78, 5) is 6.89. The first kappa shape index (κ1) is 19.2. The van der Waals surface area contributed by atoms with Gasteiger partial charge in [-0.25, -0.2) is 0 Å². The molecule has 0 amide bonds. The van der Waals surface area contributed by atoms with Gasteiger partial charge in [-0.2, -0.15) is 0 Å². The first-order valence-electron chi connectivity index (χ1n) is 8.86. The Morgan fingerprint density at radius 2 is 1.86 bits per heavy atom. The van der Waals surface area contributed by atoms with Crippen LogP contribution in [0.3, 0.4) is 0 Å². The van der Waals surface area contributed by atoms with Crippen LogP contribution < -0.4 is 16.0 Å². The summed E-state index contributed by atoms with van der Waals surface area (Å²) < 4.78 is 0. The Hall–Kier alpha value is -0.810. The Morgan fingerprint density at radius 3 is 2.50 bits per heavy atom. The van der Waals surface area contributed by atoms with Gasteiger partial charge in [0, 0.05) is 44.8 Å². The van der Waals surface area contributed by atoms with Crippen molar-refractivity contribution in [3.8, 4) is 0 Å². The number of piperidine rings is 1. The lowest BCUT2D eigenvalue weighted by molar-refractivity contribution is 0.159. The maximum absolute atomic E-state index is 4.27. The molecular formula is C17H37N5. The molecule has 1 aliphatic rings. The van der Waals surface area contributed by atoms with Crippen molar-refractivity contribution in [2.24, 2.45) is 4.99 Å². The van der Waals surface area contributed by atoms with E-state index in [0.29, 0.717) is 0 Å². The minimum atomic E-state index is 0.170. The standard InChI is InChI=1S/C17H37N5/c1-15-9-6-7-13-22(15)14-8-10-19-16(18-5)20-11-12-21-17(2,3)4/h15,21H,6-14H2,1-5H3,(H2,18,19,20). The zero-order chi connectivity index (χ0) is 16.4. The fourth-order valence-electron chi connectivity index (χ4n) is 2.82. The van der Waals surface area contributed by atoms with Crippen molar-refractivity contribution in [2.75, 3.05) is 39.8 Å². The van der Waals surface area contributed by atoms with E-state index in [2.05, 4.69) is 53.5 Å². The van der Waals surface area contributed by atoms with Crippen LogP contribution in [0.25, 0.3) is 0 Å². The van der Waals surface area contributed by atoms with Gasteiger partial charge in [-0.05, 0) is 53.5 Å². The van der Waals surface area contributed by atoms with Crippen molar-refractivity contribution >= 4 is 5.96 Å². The lowest BCUT2D eigenvalue weighted by atomic mass is 10.0. The first-order valence-corrected chi connectivity index (χ1v) is 8.86. The van der Waals surface area contributed by atoms with E-state index >= 15 is 0 Å². The third kappa shape index (κ3) is 8.59. The predicted molar refractivity (Wildman–Crippen MR) is 96.6 cm³/mol. The van der Waals surface area contributed by atoms with Crippen molar-refractivity contribution in [3.63, 3.8) is 0 Å². The van der Waals surface area contributed by atoms with Gasteiger partial charge in [0.15, 0.2) is 5.96 Å². The number of rotatable bonds is 7. The third-order valence-electron chi connectivity index (χ3n) is 4.15. The van der Waals surface area contributed by atoms with Crippen LogP contribution in [0.4, 0.5) is 0 Å². The lowest BCUT2D eigenvalue weighted by Gasteiger charge is -2.33. The molecular weight excluding hydrogens is 274 g/mol. The molecule has 0 spiro atoms. The van der Waals surface area contributed by atoms with E-state index in [4.69, 9.17) is 0 Å². The summed E-state index contributed by atoms with van der Waals surface area (Å²) in [5, 5.41) is 10.2.